The van der Waals surface area contributed by atoms with E-state index in [1.807, 2.05) is 6.92 Å². The van der Waals surface area contributed by atoms with Gasteiger partial charge in [0.05, 0.1) is 12.2 Å². The summed E-state index contributed by atoms with van der Waals surface area (Å²) in [6.07, 6.45) is 6.89. The number of hydrogen-bond acceptors (Lipinski definition) is 2. The van der Waals surface area contributed by atoms with Gasteiger partial charge < -0.3 is 9.53 Å². The molecule has 2 atom stereocenters. The lowest BCUT2D eigenvalue weighted by molar-refractivity contribution is 0.0981. The predicted molar refractivity (Wildman–Crippen MR) is 82.4 cm³/mol. The van der Waals surface area contributed by atoms with Gasteiger partial charge in [-0.25, -0.2) is 0 Å². The van der Waals surface area contributed by atoms with E-state index >= 15 is 0 Å². The Morgan fingerprint density at radius 2 is 1.78 bits per heavy atom. The SMILES string of the molecule is CC/C=C/C[C@H](C[C@@H](C)O)O[Si](C)(C)C(C)(C)C. The zero-order valence-corrected chi connectivity index (χ0v) is 14.3. The zero-order valence-electron chi connectivity index (χ0n) is 13.3. The van der Waals surface area contributed by atoms with Gasteiger partial charge >= 0.3 is 0 Å². The van der Waals surface area contributed by atoms with E-state index in [2.05, 4.69) is 52.9 Å². The van der Waals surface area contributed by atoms with Gasteiger partial charge in [0.15, 0.2) is 8.32 Å². The molecule has 0 aromatic carbocycles. The first-order valence-electron chi connectivity index (χ1n) is 7.11. The van der Waals surface area contributed by atoms with E-state index in [4.69, 9.17) is 4.43 Å². The molecule has 0 aromatic heterocycles. The van der Waals surface area contributed by atoms with Gasteiger partial charge in [-0.05, 0) is 44.3 Å². The summed E-state index contributed by atoms with van der Waals surface area (Å²) in [6, 6.07) is 0. The maximum absolute atomic E-state index is 9.59. The highest BCUT2D eigenvalue weighted by molar-refractivity contribution is 6.74. The van der Waals surface area contributed by atoms with E-state index in [0.717, 1.165) is 19.3 Å². The second-order valence-corrected chi connectivity index (χ2v) is 11.5. The molecule has 0 spiro atoms. The van der Waals surface area contributed by atoms with Gasteiger partial charge in [0.1, 0.15) is 0 Å². The van der Waals surface area contributed by atoms with Crippen LogP contribution < -0.4 is 0 Å². The molecule has 0 aromatic rings. The van der Waals surface area contributed by atoms with E-state index in [9.17, 15) is 5.11 Å². The van der Waals surface area contributed by atoms with Crippen LogP contribution in [0.15, 0.2) is 12.2 Å². The van der Waals surface area contributed by atoms with Crippen molar-refractivity contribution < 1.29 is 9.53 Å². The highest BCUT2D eigenvalue weighted by Crippen LogP contribution is 2.38. The van der Waals surface area contributed by atoms with Crippen LogP contribution in [0.4, 0.5) is 0 Å². The van der Waals surface area contributed by atoms with Crippen LogP contribution in [0.3, 0.4) is 0 Å². The summed E-state index contributed by atoms with van der Waals surface area (Å²) in [6.45, 7) is 15.3. The molecule has 0 saturated carbocycles. The molecule has 0 heterocycles. The van der Waals surface area contributed by atoms with Crippen molar-refractivity contribution in [3.63, 3.8) is 0 Å². The molecule has 0 amide bonds. The summed E-state index contributed by atoms with van der Waals surface area (Å²) in [5, 5.41) is 9.81. The maximum Gasteiger partial charge on any atom is 0.192 e. The van der Waals surface area contributed by atoms with Crippen LogP contribution in [0.1, 0.15) is 53.9 Å². The fraction of sp³-hybridized carbons (Fsp3) is 0.867. The number of aliphatic hydroxyl groups excluding tert-OH is 1. The zero-order chi connectivity index (χ0) is 14.4. The molecule has 18 heavy (non-hydrogen) atoms. The minimum Gasteiger partial charge on any atom is -0.414 e. The number of rotatable bonds is 7. The third-order valence-corrected chi connectivity index (χ3v) is 8.21. The van der Waals surface area contributed by atoms with Gasteiger partial charge in [0.25, 0.3) is 0 Å². The second kappa shape index (κ2) is 7.46. The molecule has 2 nitrogen and oxygen atoms in total. The summed E-state index contributed by atoms with van der Waals surface area (Å²) in [4.78, 5) is 0. The Labute approximate surface area is 115 Å². The fourth-order valence-corrected chi connectivity index (χ4v) is 2.96. The Morgan fingerprint density at radius 1 is 1.22 bits per heavy atom. The molecule has 0 aliphatic rings. The predicted octanol–water partition coefficient (Wildman–Crippen LogP) is 4.50. The number of allylic oxidation sites excluding steroid dienone is 1. The van der Waals surface area contributed by atoms with Crippen LogP contribution in [0.2, 0.25) is 18.1 Å². The highest BCUT2D eigenvalue weighted by Gasteiger charge is 2.39. The van der Waals surface area contributed by atoms with Crippen LogP contribution >= 0.6 is 0 Å². The lowest BCUT2D eigenvalue weighted by Gasteiger charge is -2.39. The van der Waals surface area contributed by atoms with Crippen molar-refractivity contribution in [3.8, 4) is 0 Å². The van der Waals surface area contributed by atoms with E-state index in [-0.39, 0.29) is 17.2 Å². The van der Waals surface area contributed by atoms with Crippen molar-refractivity contribution >= 4 is 8.32 Å². The molecule has 0 unspecified atom stereocenters. The molecule has 1 N–H and O–H groups in total. The quantitative estimate of drug-likeness (QED) is 0.546. The number of aliphatic hydroxyl groups is 1. The van der Waals surface area contributed by atoms with Crippen LogP contribution in [-0.4, -0.2) is 25.6 Å². The fourth-order valence-electron chi connectivity index (χ4n) is 1.58. The average Bonchev–Trinajstić information content (AvgIpc) is 2.14. The largest absolute Gasteiger partial charge is 0.414 e. The van der Waals surface area contributed by atoms with Crippen molar-refractivity contribution in [3.05, 3.63) is 12.2 Å². The topological polar surface area (TPSA) is 29.5 Å². The van der Waals surface area contributed by atoms with E-state index < -0.39 is 8.32 Å². The second-order valence-electron chi connectivity index (χ2n) is 6.70. The molecule has 0 saturated heterocycles. The Hall–Kier alpha value is -0.123. The molecule has 3 heteroatoms. The van der Waals surface area contributed by atoms with Gasteiger partial charge in [-0.2, -0.15) is 0 Å². The van der Waals surface area contributed by atoms with Crippen LogP contribution in [0, 0.1) is 0 Å². The summed E-state index contributed by atoms with van der Waals surface area (Å²) < 4.78 is 6.39. The molecule has 0 aliphatic carbocycles. The maximum atomic E-state index is 9.59. The van der Waals surface area contributed by atoms with Crippen LogP contribution in [0.5, 0.6) is 0 Å². The lowest BCUT2D eigenvalue weighted by Crippen LogP contribution is -2.44. The first kappa shape index (κ1) is 17.9. The number of hydrogen-bond donors (Lipinski definition) is 1. The molecule has 0 bridgehead atoms. The summed E-state index contributed by atoms with van der Waals surface area (Å²) in [7, 11) is -1.74. The molecule has 0 radical (unpaired) electrons. The van der Waals surface area contributed by atoms with Crippen LogP contribution in [0.25, 0.3) is 0 Å². The average molecular weight is 273 g/mol. The third-order valence-electron chi connectivity index (χ3n) is 3.67. The molecule has 108 valence electrons. The first-order valence-corrected chi connectivity index (χ1v) is 10.0. The van der Waals surface area contributed by atoms with E-state index in [0.29, 0.717) is 0 Å². The van der Waals surface area contributed by atoms with Crippen molar-refractivity contribution in [1.29, 1.82) is 0 Å². The smallest absolute Gasteiger partial charge is 0.192 e. The van der Waals surface area contributed by atoms with E-state index in [1.165, 1.54) is 0 Å². The summed E-state index contributed by atoms with van der Waals surface area (Å²) in [5.74, 6) is 0. The lowest BCUT2D eigenvalue weighted by atomic mass is 10.1. The van der Waals surface area contributed by atoms with Gasteiger partial charge in [0, 0.05) is 0 Å². The summed E-state index contributed by atoms with van der Waals surface area (Å²) in [5.41, 5.74) is 0. The van der Waals surface area contributed by atoms with Crippen molar-refractivity contribution in [2.24, 2.45) is 0 Å². The Balaban J connectivity index is 4.62. The Morgan fingerprint density at radius 3 is 2.17 bits per heavy atom. The molecule has 0 rings (SSSR count). The van der Waals surface area contributed by atoms with Gasteiger partial charge in [-0.3, -0.25) is 0 Å². The normalized spacial score (nSPS) is 17.1. The monoisotopic (exact) mass is 272 g/mol. The summed E-state index contributed by atoms with van der Waals surface area (Å²) >= 11 is 0. The molecule has 0 fully saturated rings. The minimum absolute atomic E-state index is 0.147. The van der Waals surface area contributed by atoms with Crippen molar-refractivity contribution in [2.45, 2.75) is 84.2 Å². The molecular formula is C15H32O2Si. The standard InChI is InChI=1S/C15H32O2Si/c1-8-9-10-11-14(12-13(2)16)17-18(6,7)15(3,4)5/h9-10,13-14,16H,8,11-12H2,1-7H3/b10-9+/t13-,14-/m1/s1. The molecular weight excluding hydrogens is 240 g/mol. The van der Waals surface area contributed by atoms with Crippen LogP contribution in [-0.2, 0) is 4.43 Å². The van der Waals surface area contributed by atoms with Gasteiger partial charge in [0.2, 0.25) is 0 Å². The Kier molecular flexibility index (Phi) is 7.41. The Bertz CT molecular complexity index is 252. The van der Waals surface area contributed by atoms with Gasteiger partial charge in [-0.1, -0.05) is 39.8 Å². The molecule has 0 aliphatic heterocycles. The third kappa shape index (κ3) is 6.71. The first-order chi connectivity index (χ1) is 8.10. The van der Waals surface area contributed by atoms with Gasteiger partial charge in [-0.15, -0.1) is 0 Å². The van der Waals surface area contributed by atoms with Crippen molar-refractivity contribution in [2.75, 3.05) is 0 Å². The minimum atomic E-state index is -1.74. The highest BCUT2D eigenvalue weighted by atomic mass is 28.4. The van der Waals surface area contributed by atoms with Crippen molar-refractivity contribution in [1.82, 2.24) is 0 Å². The van der Waals surface area contributed by atoms with E-state index in [1.54, 1.807) is 0 Å².